The van der Waals surface area contributed by atoms with Crippen molar-refractivity contribution < 1.29 is 24.2 Å². The Bertz CT molecular complexity index is 509. The van der Waals surface area contributed by atoms with Crippen molar-refractivity contribution in [3.8, 4) is 5.75 Å². The van der Waals surface area contributed by atoms with Crippen molar-refractivity contribution in [2.24, 2.45) is 0 Å². The number of ether oxygens (including phenoxy) is 1. The van der Waals surface area contributed by atoms with Gasteiger partial charge in [-0.3, -0.25) is 14.4 Å². The average Bonchev–Trinajstić information content (AvgIpc) is 2.43. The number of ketones is 1. The molecule has 6 nitrogen and oxygen atoms in total. The molecule has 0 aliphatic carbocycles. The number of nitrogens with one attached hydrogen (secondary N) is 1. The first-order valence-corrected chi connectivity index (χ1v) is 6.60. The quantitative estimate of drug-likeness (QED) is 0.711. The minimum Gasteiger partial charge on any atom is -0.497 e. The van der Waals surface area contributed by atoms with Gasteiger partial charge in [0.1, 0.15) is 5.75 Å². The summed E-state index contributed by atoms with van der Waals surface area (Å²) in [5.41, 5.74) is 0.516. The lowest BCUT2D eigenvalue weighted by molar-refractivity contribution is -0.137. The normalized spacial score (nSPS) is 11.5. The molecule has 0 bridgehead atoms. The molecule has 0 aromatic heterocycles. The molecule has 2 N–H and O–H groups in total. The van der Waals surface area contributed by atoms with Gasteiger partial charge in [-0.05, 0) is 31.2 Å². The van der Waals surface area contributed by atoms with Gasteiger partial charge in [-0.15, -0.1) is 0 Å². The van der Waals surface area contributed by atoms with Gasteiger partial charge in [0.2, 0.25) is 5.91 Å². The van der Waals surface area contributed by atoms with Crippen LogP contribution in [-0.4, -0.2) is 35.9 Å². The van der Waals surface area contributed by atoms with E-state index in [4.69, 9.17) is 9.84 Å². The van der Waals surface area contributed by atoms with E-state index in [1.165, 1.54) is 0 Å². The number of carboxylic acid groups (broad SMARTS) is 1. The van der Waals surface area contributed by atoms with Gasteiger partial charge in [-0.25, -0.2) is 0 Å². The molecule has 0 saturated carbocycles. The Hall–Kier alpha value is -2.37. The molecule has 0 fully saturated rings. The number of hydrogen-bond acceptors (Lipinski definition) is 4. The lowest BCUT2D eigenvalue weighted by atomic mass is 10.1. The Morgan fingerprint density at radius 3 is 2.33 bits per heavy atom. The second-order valence-electron chi connectivity index (χ2n) is 4.72. The molecule has 21 heavy (non-hydrogen) atoms. The van der Waals surface area contributed by atoms with Crippen LogP contribution in [0.4, 0.5) is 0 Å². The molecule has 0 spiro atoms. The minimum absolute atomic E-state index is 0.0365. The zero-order chi connectivity index (χ0) is 15.8. The first kappa shape index (κ1) is 16.7. The van der Waals surface area contributed by atoms with Gasteiger partial charge in [-0.1, -0.05) is 0 Å². The summed E-state index contributed by atoms with van der Waals surface area (Å²) in [5, 5.41) is 11.1. The van der Waals surface area contributed by atoms with E-state index < -0.39 is 12.0 Å². The third-order valence-electron chi connectivity index (χ3n) is 2.88. The number of carboxylic acids is 1. The second-order valence-corrected chi connectivity index (χ2v) is 4.72. The lowest BCUT2D eigenvalue weighted by Crippen LogP contribution is -2.34. The van der Waals surface area contributed by atoms with Crippen molar-refractivity contribution in [1.82, 2.24) is 5.32 Å². The highest BCUT2D eigenvalue weighted by molar-refractivity contribution is 5.98. The largest absolute Gasteiger partial charge is 0.497 e. The molecule has 0 saturated heterocycles. The van der Waals surface area contributed by atoms with Crippen LogP contribution in [0, 0.1) is 0 Å². The van der Waals surface area contributed by atoms with E-state index in [1.807, 2.05) is 0 Å². The highest BCUT2D eigenvalue weighted by Gasteiger charge is 2.13. The van der Waals surface area contributed by atoms with Crippen molar-refractivity contribution in [2.75, 3.05) is 7.11 Å². The first-order valence-electron chi connectivity index (χ1n) is 6.60. The topological polar surface area (TPSA) is 92.7 Å². The number of rotatable bonds is 8. The third-order valence-corrected chi connectivity index (χ3v) is 2.88. The molecular formula is C15H19NO5. The smallest absolute Gasteiger partial charge is 0.305 e. The van der Waals surface area contributed by atoms with Gasteiger partial charge in [0.25, 0.3) is 0 Å². The fourth-order valence-electron chi connectivity index (χ4n) is 1.81. The predicted octanol–water partition coefficient (Wildman–Crippen LogP) is 1.64. The van der Waals surface area contributed by atoms with Crippen LogP contribution in [0.25, 0.3) is 0 Å². The molecule has 6 heteroatoms. The highest BCUT2D eigenvalue weighted by atomic mass is 16.5. The monoisotopic (exact) mass is 293 g/mol. The van der Waals surface area contributed by atoms with Crippen LogP contribution in [0.15, 0.2) is 24.3 Å². The number of aliphatic carboxylic acids is 1. The maximum Gasteiger partial charge on any atom is 0.305 e. The zero-order valence-corrected chi connectivity index (χ0v) is 12.1. The summed E-state index contributed by atoms with van der Waals surface area (Å²) in [6, 6.07) is 6.20. The maximum atomic E-state index is 11.9. The zero-order valence-electron chi connectivity index (χ0n) is 12.1. The standard InChI is InChI=1S/C15H19NO5/c1-10(9-15(19)20)16-14(18)8-7-13(17)11-3-5-12(21-2)6-4-11/h3-6,10H,7-9H2,1-2H3,(H,16,18)(H,19,20). The Kier molecular flexibility index (Phi) is 6.39. The Morgan fingerprint density at radius 2 is 1.81 bits per heavy atom. The first-order chi connectivity index (χ1) is 9.92. The molecule has 0 aliphatic rings. The van der Waals surface area contributed by atoms with Gasteiger partial charge >= 0.3 is 5.97 Å². The van der Waals surface area contributed by atoms with E-state index in [-0.39, 0.29) is 31.0 Å². The average molecular weight is 293 g/mol. The van der Waals surface area contributed by atoms with Crippen molar-refractivity contribution >= 4 is 17.7 Å². The number of methoxy groups -OCH3 is 1. The summed E-state index contributed by atoms with van der Waals surface area (Å²) in [6.07, 6.45) is -0.0229. The van der Waals surface area contributed by atoms with Gasteiger partial charge in [0.15, 0.2) is 5.78 Å². The molecular weight excluding hydrogens is 274 g/mol. The Labute approximate surface area is 123 Å². The van der Waals surface area contributed by atoms with E-state index in [1.54, 1.807) is 38.3 Å². The molecule has 1 atom stereocenters. The number of Topliss-reactive ketones (excluding diaryl/α,β-unsaturated/α-hetero) is 1. The number of carbonyl (C=O) groups is 3. The van der Waals surface area contributed by atoms with Gasteiger partial charge in [0, 0.05) is 24.4 Å². The molecule has 0 heterocycles. The molecule has 0 radical (unpaired) electrons. The van der Waals surface area contributed by atoms with Crippen LogP contribution < -0.4 is 10.1 Å². The van der Waals surface area contributed by atoms with E-state index in [0.717, 1.165) is 0 Å². The van der Waals surface area contributed by atoms with Gasteiger partial charge in [-0.2, -0.15) is 0 Å². The van der Waals surface area contributed by atoms with E-state index in [9.17, 15) is 14.4 Å². The summed E-state index contributed by atoms with van der Waals surface area (Å²) in [6.45, 7) is 1.61. The van der Waals surface area contributed by atoms with Crippen molar-refractivity contribution in [2.45, 2.75) is 32.2 Å². The summed E-state index contributed by atoms with van der Waals surface area (Å²) in [7, 11) is 1.54. The Balaban J connectivity index is 2.41. The van der Waals surface area contributed by atoms with Crippen molar-refractivity contribution in [1.29, 1.82) is 0 Å². The second kappa shape index (κ2) is 8.04. The maximum absolute atomic E-state index is 11.9. The van der Waals surface area contributed by atoms with E-state index in [2.05, 4.69) is 5.32 Å². The summed E-state index contributed by atoms with van der Waals surface area (Å²) in [5.74, 6) is -0.784. The molecule has 1 unspecified atom stereocenters. The van der Waals surface area contributed by atoms with E-state index >= 15 is 0 Å². The minimum atomic E-state index is -0.975. The summed E-state index contributed by atoms with van der Waals surface area (Å²) < 4.78 is 5.00. The molecule has 1 aromatic carbocycles. The Morgan fingerprint density at radius 1 is 1.19 bits per heavy atom. The summed E-state index contributed by atoms with van der Waals surface area (Å²) in [4.78, 5) is 34.0. The fourth-order valence-corrected chi connectivity index (χ4v) is 1.81. The number of benzene rings is 1. The molecule has 1 amide bonds. The van der Waals surface area contributed by atoms with Crippen LogP contribution in [0.5, 0.6) is 5.75 Å². The predicted molar refractivity (Wildman–Crippen MR) is 76.4 cm³/mol. The molecule has 1 rings (SSSR count). The van der Waals surface area contributed by atoms with Crippen LogP contribution in [0.2, 0.25) is 0 Å². The third kappa shape index (κ3) is 6.07. The highest BCUT2D eigenvalue weighted by Crippen LogP contribution is 2.13. The van der Waals surface area contributed by atoms with Crippen molar-refractivity contribution in [3.05, 3.63) is 29.8 Å². The summed E-state index contributed by atoms with van der Waals surface area (Å²) >= 11 is 0. The molecule has 114 valence electrons. The van der Waals surface area contributed by atoms with Crippen LogP contribution in [-0.2, 0) is 9.59 Å². The number of hydrogen-bond donors (Lipinski definition) is 2. The van der Waals surface area contributed by atoms with Crippen molar-refractivity contribution in [3.63, 3.8) is 0 Å². The van der Waals surface area contributed by atoms with Gasteiger partial charge < -0.3 is 15.2 Å². The number of amides is 1. The van der Waals surface area contributed by atoms with Crippen LogP contribution in [0.1, 0.15) is 36.5 Å². The number of carbonyl (C=O) groups excluding carboxylic acids is 2. The molecule has 0 aliphatic heterocycles. The molecule has 1 aromatic rings. The fraction of sp³-hybridized carbons (Fsp3) is 0.400. The van der Waals surface area contributed by atoms with Gasteiger partial charge in [0.05, 0.1) is 13.5 Å². The van der Waals surface area contributed by atoms with E-state index in [0.29, 0.717) is 11.3 Å². The SMILES string of the molecule is COc1ccc(C(=O)CCC(=O)NC(C)CC(=O)O)cc1. The van der Waals surface area contributed by atoms with Crippen LogP contribution >= 0.6 is 0 Å². The van der Waals surface area contributed by atoms with Crippen LogP contribution in [0.3, 0.4) is 0 Å². The lowest BCUT2D eigenvalue weighted by Gasteiger charge is -2.11.